The van der Waals surface area contributed by atoms with Crippen LogP contribution in [0.25, 0.3) is 10.8 Å². The Bertz CT molecular complexity index is 1530. The van der Waals surface area contributed by atoms with E-state index in [0.717, 1.165) is 44.3 Å². The van der Waals surface area contributed by atoms with Crippen LogP contribution in [0.15, 0.2) is 65.7 Å². The number of aryl methyl sites for hydroxylation is 2. The predicted octanol–water partition coefficient (Wildman–Crippen LogP) is 5.30. The van der Waals surface area contributed by atoms with Crippen molar-refractivity contribution in [1.82, 2.24) is 10.3 Å². The van der Waals surface area contributed by atoms with Crippen LogP contribution in [0.2, 0.25) is 0 Å². The molecular weight excluding hydrogens is 498 g/mol. The number of pyridine rings is 1. The lowest BCUT2D eigenvalue weighted by Gasteiger charge is -2.23. The van der Waals surface area contributed by atoms with Gasteiger partial charge in [-0.05, 0) is 89.5 Å². The van der Waals surface area contributed by atoms with E-state index in [1.807, 2.05) is 50.2 Å². The molecule has 4 bridgehead atoms. The molecule has 194 valence electrons. The van der Waals surface area contributed by atoms with Gasteiger partial charge in [-0.25, -0.2) is 9.78 Å². The number of anilines is 3. The van der Waals surface area contributed by atoms with Crippen molar-refractivity contribution in [2.24, 2.45) is 0 Å². The number of rotatable bonds is 2. The number of nitrogens with zero attached hydrogens (tertiary/aromatic N) is 1. The largest absolute Gasteiger partial charge is 0.449 e. The Morgan fingerprint density at radius 2 is 1.84 bits per heavy atom. The summed E-state index contributed by atoms with van der Waals surface area (Å²) in [5, 5.41) is 11.0. The Morgan fingerprint density at radius 1 is 1.05 bits per heavy atom. The molecule has 0 saturated carbocycles. The number of ether oxygens (including phenoxy) is 1. The van der Waals surface area contributed by atoms with Crippen molar-refractivity contribution in [2.75, 3.05) is 23.0 Å². The summed E-state index contributed by atoms with van der Waals surface area (Å²) in [7, 11) is 0. The molecule has 3 heterocycles. The second kappa shape index (κ2) is 10.6. The molecular formula is C29H29N5O3S. The zero-order valence-corrected chi connectivity index (χ0v) is 22.1. The lowest BCUT2D eigenvalue weighted by molar-refractivity contribution is -0.122. The first-order chi connectivity index (χ1) is 18.3. The number of nitrogens with two attached hydrogens (primary N) is 1. The van der Waals surface area contributed by atoms with Crippen molar-refractivity contribution in [3.8, 4) is 0 Å². The first-order valence-electron chi connectivity index (χ1n) is 12.3. The second-order valence-corrected chi connectivity index (χ2v) is 9.90. The zero-order valence-electron chi connectivity index (χ0n) is 21.2. The van der Waals surface area contributed by atoms with Gasteiger partial charge in [0.15, 0.2) is 0 Å². The third-order valence-corrected chi connectivity index (χ3v) is 7.22. The Kier molecular flexibility index (Phi) is 7.11. The SMILES string of the molecule is Cc1cc2cc(C)c1CCOC(=O)Nc1ccc(S)c(c1)CNC(=O)C2Nc1ccc2c(N)nccc2c1. The minimum absolute atomic E-state index is 0.191. The van der Waals surface area contributed by atoms with Crippen LogP contribution in [0.1, 0.15) is 33.9 Å². The van der Waals surface area contributed by atoms with Gasteiger partial charge in [0.25, 0.3) is 0 Å². The number of aromatic nitrogens is 1. The second-order valence-electron chi connectivity index (χ2n) is 9.41. The Hall–Kier alpha value is -4.24. The molecule has 1 atom stereocenters. The monoisotopic (exact) mass is 527 g/mol. The minimum Gasteiger partial charge on any atom is -0.449 e. The molecule has 0 aliphatic carbocycles. The number of hydrogen-bond acceptors (Lipinski definition) is 7. The molecule has 3 aromatic carbocycles. The number of carbonyl (C=O) groups is 2. The summed E-state index contributed by atoms with van der Waals surface area (Å²) in [4.78, 5) is 30.9. The van der Waals surface area contributed by atoms with Crippen LogP contribution in [-0.2, 0) is 22.5 Å². The van der Waals surface area contributed by atoms with Crippen LogP contribution in [0.4, 0.5) is 22.0 Å². The fourth-order valence-electron chi connectivity index (χ4n) is 4.83. The summed E-state index contributed by atoms with van der Waals surface area (Å²) in [5.74, 6) is 0.270. The van der Waals surface area contributed by atoms with Gasteiger partial charge in [-0.2, -0.15) is 0 Å². The third kappa shape index (κ3) is 5.38. The van der Waals surface area contributed by atoms with Gasteiger partial charge in [0, 0.05) is 40.8 Å². The van der Waals surface area contributed by atoms with Gasteiger partial charge in [0.1, 0.15) is 11.9 Å². The molecule has 38 heavy (non-hydrogen) atoms. The van der Waals surface area contributed by atoms with Crippen molar-refractivity contribution < 1.29 is 14.3 Å². The molecule has 0 saturated heterocycles. The van der Waals surface area contributed by atoms with Gasteiger partial charge in [-0.15, -0.1) is 12.6 Å². The van der Waals surface area contributed by atoms with Gasteiger partial charge < -0.3 is 21.1 Å². The van der Waals surface area contributed by atoms with Crippen LogP contribution < -0.4 is 21.7 Å². The summed E-state index contributed by atoms with van der Waals surface area (Å²) in [6.07, 6.45) is 1.71. The summed E-state index contributed by atoms with van der Waals surface area (Å²) in [6, 6.07) is 16.3. The Labute approximate surface area is 226 Å². The molecule has 2 aliphatic rings. The Morgan fingerprint density at radius 3 is 2.63 bits per heavy atom. The number of benzene rings is 3. The topological polar surface area (TPSA) is 118 Å². The van der Waals surface area contributed by atoms with E-state index in [1.165, 1.54) is 0 Å². The van der Waals surface area contributed by atoms with E-state index in [4.69, 9.17) is 10.5 Å². The smallest absolute Gasteiger partial charge is 0.411 e. The fraction of sp³-hybridized carbons (Fsp3) is 0.207. The molecule has 0 spiro atoms. The molecule has 2 amide bonds. The van der Waals surface area contributed by atoms with E-state index < -0.39 is 12.1 Å². The minimum atomic E-state index is -0.659. The number of nitrogens with one attached hydrogen (secondary N) is 3. The molecule has 4 aromatic rings. The van der Waals surface area contributed by atoms with Gasteiger partial charge in [0.05, 0.1) is 6.61 Å². The lowest BCUT2D eigenvalue weighted by Crippen LogP contribution is -2.33. The highest BCUT2D eigenvalue weighted by molar-refractivity contribution is 7.80. The summed E-state index contributed by atoms with van der Waals surface area (Å²) >= 11 is 4.53. The normalized spacial score (nSPS) is 16.0. The van der Waals surface area contributed by atoms with Crippen LogP contribution in [-0.4, -0.2) is 23.6 Å². The van der Waals surface area contributed by atoms with Crippen molar-refractivity contribution in [3.05, 3.63) is 88.6 Å². The molecule has 8 nitrogen and oxygen atoms in total. The molecule has 0 radical (unpaired) electrons. The Balaban J connectivity index is 1.53. The van der Waals surface area contributed by atoms with Crippen molar-refractivity contribution in [2.45, 2.75) is 37.8 Å². The average molecular weight is 528 g/mol. The van der Waals surface area contributed by atoms with Crippen molar-refractivity contribution in [1.29, 1.82) is 0 Å². The standard InChI is InChI=1S/C29H29N5O3S/c1-16-11-19-12-17(2)23(16)8-10-37-29(36)34-22-4-6-25(38)20(14-22)15-32-28(35)26(19)33-21-3-5-24-18(13-21)7-9-31-27(24)30/h3-7,9,11-14,26,33,38H,8,10,15H2,1-2H3,(H2,30,31)(H,32,35)(H,34,36). The zero-order chi connectivity index (χ0) is 26.8. The maximum atomic E-state index is 13.7. The molecule has 6 rings (SSSR count). The number of thiol groups is 1. The van der Waals surface area contributed by atoms with Crippen LogP contribution in [0.3, 0.4) is 0 Å². The summed E-state index contributed by atoms with van der Waals surface area (Å²) in [6.45, 7) is 4.49. The number of carbonyl (C=O) groups excluding carboxylic acids is 2. The van der Waals surface area contributed by atoms with Crippen molar-refractivity contribution in [3.63, 3.8) is 0 Å². The summed E-state index contributed by atoms with van der Waals surface area (Å²) in [5.41, 5.74) is 12.1. The third-order valence-electron chi connectivity index (χ3n) is 6.78. The predicted molar refractivity (Wildman–Crippen MR) is 153 cm³/mol. The van der Waals surface area contributed by atoms with Gasteiger partial charge >= 0.3 is 6.09 Å². The first-order valence-corrected chi connectivity index (χ1v) is 12.8. The number of fused-ring (bicyclic) bond motifs is 10. The average Bonchev–Trinajstić information content (AvgIpc) is 2.88. The van der Waals surface area contributed by atoms with E-state index in [-0.39, 0.29) is 19.1 Å². The molecule has 9 heteroatoms. The van der Waals surface area contributed by atoms with E-state index >= 15 is 0 Å². The van der Waals surface area contributed by atoms with Gasteiger partial charge in [-0.3, -0.25) is 10.1 Å². The van der Waals surface area contributed by atoms with E-state index in [1.54, 1.807) is 24.4 Å². The maximum absolute atomic E-state index is 13.7. The molecule has 1 unspecified atom stereocenters. The van der Waals surface area contributed by atoms with E-state index in [0.29, 0.717) is 22.8 Å². The van der Waals surface area contributed by atoms with Crippen LogP contribution >= 0.6 is 12.6 Å². The first kappa shape index (κ1) is 25.4. The highest BCUT2D eigenvalue weighted by Crippen LogP contribution is 2.29. The van der Waals surface area contributed by atoms with Crippen molar-refractivity contribution >= 4 is 52.6 Å². The van der Waals surface area contributed by atoms with Gasteiger partial charge in [0.2, 0.25) is 5.91 Å². The molecule has 2 aliphatic heterocycles. The lowest BCUT2D eigenvalue weighted by atomic mass is 9.93. The fourth-order valence-corrected chi connectivity index (χ4v) is 5.05. The maximum Gasteiger partial charge on any atom is 0.411 e. The summed E-state index contributed by atoms with van der Waals surface area (Å²) < 4.78 is 5.43. The molecule has 0 fully saturated rings. The van der Waals surface area contributed by atoms with Crippen LogP contribution in [0, 0.1) is 13.8 Å². The van der Waals surface area contributed by atoms with E-state index in [9.17, 15) is 9.59 Å². The number of amides is 2. The van der Waals surface area contributed by atoms with Crippen LogP contribution in [0.5, 0.6) is 0 Å². The van der Waals surface area contributed by atoms with Gasteiger partial charge in [-0.1, -0.05) is 12.1 Å². The molecule has 1 aromatic heterocycles. The number of hydrogen-bond donors (Lipinski definition) is 5. The number of nitrogen functional groups attached to an aromatic ring is 1. The highest BCUT2D eigenvalue weighted by atomic mass is 32.1. The molecule has 5 N–H and O–H groups in total. The highest BCUT2D eigenvalue weighted by Gasteiger charge is 2.23. The van der Waals surface area contributed by atoms with E-state index in [2.05, 4.69) is 33.6 Å². The quantitative estimate of drug-likeness (QED) is 0.226.